The van der Waals surface area contributed by atoms with Crippen LogP contribution in [0.15, 0.2) is 54.6 Å². The van der Waals surface area contributed by atoms with Gasteiger partial charge in [0.15, 0.2) is 0 Å². The van der Waals surface area contributed by atoms with E-state index >= 15 is 0 Å². The van der Waals surface area contributed by atoms with Crippen LogP contribution in [0.2, 0.25) is 0 Å². The van der Waals surface area contributed by atoms with Crippen molar-refractivity contribution in [2.24, 2.45) is 0 Å². The molecule has 34 heavy (non-hydrogen) atoms. The smallest absolute Gasteiger partial charge is 0.344 e. The molecule has 2 N–H and O–H groups in total. The van der Waals surface area contributed by atoms with Gasteiger partial charge < -0.3 is 10.1 Å². The van der Waals surface area contributed by atoms with E-state index in [1.807, 2.05) is 18.2 Å². The molecule has 0 aliphatic carbocycles. The molecule has 0 bridgehead atoms. The average molecular weight is 466 g/mol. The lowest BCUT2D eigenvalue weighted by atomic mass is 9.92. The number of nitrogens with zero attached hydrogens (tertiary/aromatic N) is 3. The van der Waals surface area contributed by atoms with Crippen molar-refractivity contribution in [1.82, 2.24) is 25.6 Å². The molecule has 0 aromatic heterocycles. The Kier molecular flexibility index (Phi) is 7.14. The van der Waals surface area contributed by atoms with E-state index in [0.29, 0.717) is 11.3 Å². The number of hydrazine groups is 1. The van der Waals surface area contributed by atoms with Crippen molar-refractivity contribution in [2.75, 3.05) is 39.8 Å². The molecule has 180 valence electrons. The normalized spacial score (nSPS) is 21.8. The lowest BCUT2D eigenvalue weighted by Gasteiger charge is -2.24. The van der Waals surface area contributed by atoms with Gasteiger partial charge in [-0.25, -0.2) is 4.79 Å². The van der Waals surface area contributed by atoms with E-state index in [-0.39, 0.29) is 6.54 Å². The number of nitrogens with one attached hydrogen (secondary N) is 2. The van der Waals surface area contributed by atoms with Crippen LogP contribution in [0.25, 0.3) is 0 Å². The summed E-state index contributed by atoms with van der Waals surface area (Å²) in [6.45, 7) is 5.93. The van der Waals surface area contributed by atoms with Gasteiger partial charge in [0.1, 0.15) is 11.3 Å². The van der Waals surface area contributed by atoms with Crippen molar-refractivity contribution in [3.63, 3.8) is 0 Å². The van der Waals surface area contributed by atoms with Gasteiger partial charge in [0.05, 0.1) is 13.7 Å². The molecule has 9 heteroatoms. The third-order valence-electron chi connectivity index (χ3n) is 6.37. The van der Waals surface area contributed by atoms with E-state index in [4.69, 9.17) is 4.74 Å². The summed E-state index contributed by atoms with van der Waals surface area (Å²) in [5.74, 6) is -0.357. The SMILES string of the molecule is COc1cccc(C2(C)NC(=O)N(NC(=O)CN3CCCN(Cc4ccccc4)CC3)C2=O)c1. The van der Waals surface area contributed by atoms with Crippen LogP contribution in [0.4, 0.5) is 4.79 Å². The Morgan fingerprint density at radius 1 is 1.03 bits per heavy atom. The van der Waals surface area contributed by atoms with Gasteiger partial charge in [-0.15, -0.1) is 0 Å². The predicted octanol–water partition coefficient (Wildman–Crippen LogP) is 1.70. The summed E-state index contributed by atoms with van der Waals surface area (Å²) in [7, 11) is 1.53. The maximum atomic E-state index is 13.1. The first-order valence-corrected chi connectivity index (χ1v) is 11.5. The van der Waals surface area contributed by atoms with Gasteiger partial charge in [-0.2, -0.15) is 5.01 Å². The number of methoxy groups -OCH3 is 1. The number of ether oxygens (including phenoxy) is 1. The summed E-state index contributed by atoms with van der Waals surface area (Å²) in [5.41, 5.74) is 3.05. The Labute approximate surface area is 199 Å². The minimum absolute atomic E-state index is 0.117. The molecule has 2 aliphatic heterocycles. The summed E-state index contributed by atoms with van der Waals surface area (Å²) in [6, 6.07) is 16.6. The number of carbonyl (C=O) groups excluding carboxylic acids is 3. The first-order chi connectivity index (χ1) is 16.4. The standard InChI is InChI=1S/C25H31N5O4/c1-25(20-10-6-11-21(16-20)34-2)23(32)30(24(33)26-25)27-22(31)18-29-13-7-12-28(14-15-29)17-19-8-4-3-5-9-19/h3-6,8-11,16H,7,12-15,17-18H2,1-2H3,(H,26,33)(H,27,31). The molecule has 0 saturated carbocycles. The number of imide groups is 1. The zero-order chi connectivity index (χ0) is 24.1. The lowest BCUT2D eigenvalue weighted by Crippen LogP contribution is -2.51. The molecule has 1 unspecified atom stereocenters. The van der Waals surface area contributed by atoms with Crippen LogP contribution in [-0.4, -0.2) is 72.5 Å². The van der Waals surface area contributed by atoms with Gasteiger partial charge in [-0.3, -0.25) is 24.8 Å². The van der Waals surface area contributed by atoms with Gasteiger partial charge >= 0.3 is 6.03 Å². The first kappa shape index (κ1) is 23.7. The van der Waals surface area contributed by atoms with Crippen molar-refractivity contribution in [1.29, 1.82) is 0 Å². The lowest BCUT2D eigenvalue weighted by molar-refractivity contribution is -0.139. The Morgan fingerprint density at radius 3 is 2.53 bits per heavy atom. The predicted molar refractivity (Wildman–Crippen MR) is 127 cm³/mol. The quantitative estimate of drug-likeness (QED) is 0.605. The van der Waals surface area contributed by atoms with Gasteiger partial charge in [0, 0.05) is 19.6 Å². The van der Waals surface area contributed by atoms with Gasteiger partial charge in [-0.05, 0) is 49.7 Å². The summed E-state index contributed by atoms with van der Waals surface area (Å²) < 4.78 is 5.23. The fraction of sp³-hybridized carbons (Fsp3) is 0.400. The fourth-order valence-corrected chi connectivity index (χ4v) is 4.42. The molecule has 2 aliphatic rings. The van der Waals surface area contributed by atoms with Gasteiger partial charge in [-0.1, -0.05) is 42.5 Å². The molecule has 4 amide bonds. The Hall–Kier alpha value is -3.43. The van der Waals surface area contributed by atoms with Crippen molar-refractivity contribution < 1.29 is 19.1 Å². The number of hydrogen-bond donors (Lipinski definition) is 2. The maximum Gasteiger partial charge on any atom is 0.344 e. The van der Waals surface area contributed by atoms with Crippen molar-refractivity contribution in [3.8, 4) is 5.75 Å². The Balaban J connectivity index is 1.33. The molecular weight excluding hydrogens is 434 g/mol. The highest BCUT2D eigenvalue weighted by molar-refractivity contribution is 6.08. The molecule has 2 heterocycles. The molecule has 2 saturated heterocycles. The molecule has 2 fully saturated rings. The van der Waals surface area contributed by atoms with Crippen LogP contribution < -0.4 is 15.5 Å². The number of carbonyl (C=O) groups is 3. The van der Waals surface area contributed by atoms with Crippen LogP contribution in [0, 0.1) is 0 Å². The third-order valence-corrected chi connectivity index (χ3v) is 6.37. The monoisotopic (exact) mass is 465 g/mol. The summed E-state index contributed by atoms with van der Waals surface area (Å²) >= 11 is 0. The molecule has 9 nitrogen and oxygen atoms in total. The molecular formula is C25H31N5O4. The summed E-state index contributed by atoms with van der Waals surface area (Å²) in [5, 5.41) is 3.47. The zero-order valence-electron chi connectivity index (χ0n) is 19.6. The van der Waals surface area contributed by atoms with Crippen LogP contribution >= 0.6 is 0 Å². The van der Waals surface area contributed by atoms with E-state index in [0.717, 1.165) is 44.2 Å². The largest absolute Gasteiger partial charge is 0.497 e. The molecule has 1 atom stereocenters. The first-order valence-electron chi connectivity index (χ1n) is 11.5. The van der Waals surface area contributed by atoms with Crippen molar-refractivity contribution >= 4 is 17.8 Å². The van der Waals surface area contributed by atoms with Gasteiger partial charge in [0.2, 0.25) is 0 Å². The summed E-state index contributed by atoms with van der Waals surface area (Å²) in [4.78, 5) is 42.8. The van der Waals surface area contributed by atoms with Crippen LogP contribution in [-0.2, 0) is 21.7 Å². The highest BCUT2D eigenvalue weighted by Gasteiger charge is 2.50. The molecule has 0 spiro atoms. The summed E-state index contributed by atoms with van der Waals surface area (Å²) in [6.07, 6.45) is 0.942. The van der Waals surface area contributed by atoms with Crippen molar-refractivity contribution in [2.45, 2.75) is 25.4 Å². The molecule has 2 aromatic rings. The fourth-order valence-electron chi connectivity index (χ4n) is 4.42. The second kappa shape index (κ2) is 10.2. The van der Waals surface area contributed by atoms with E-state index in [2.05, 4.69) is 32.7 Å². The molecule has 2 aromatic carbocycles. The second-order valence-corrected chi connectivity index (χ2v) is 8.85. The van der Waals surface area contributed by atoms with E-state index < -0.39 is 23.4 Å². The maximum absolute atomic E-state index is 13.1. The van der Waals surface area contributed by atoms with Crippen LogP contribution in [0.5, 0.6) is 5.75 Å². The van der Waals surface area contributed by atoms with E-state index in [9.17, 15) is 14.4 Å². The highest BCUT2D eigenvalue weighted by Crippen LogP contribution is 2.30. The van der Waals surface area contributed by atoms with Crippen LogP contribution in [0.3, 0.4) is 0 Å². The van der Waals surface area contributed by atoms with Crippen molar-refractivity contribution in [3.05, 3.63) is 65.7 Å². The van der Waals surface area contributed by atoms with E-state index in [1.54, 1.807) is 31.2 Å². The van der Waals surface area contributed by atoms with Crippen LogP contribution in [0.1, 0.15) is 24.5 Å². The Morgan fingerprint density at radius 2 is 1.76 bits per heavy atom. The number of amides is 4. The Bertz CT molecular complexity index is 1050. The van der Waals surface area contributed by atoms with E-state index in [1.165, 1.54) is 12.7 Å². The highest BCUT2D eigenvalue weighted by atomic mass is 16.5. The minimum Gasteiger partial charge on any atom is -0.497 e. The molecule has 0 radical (unpaired) electrons. The van der Waals surface area contributed by atoms with Gasteiger partial charge in [0.25, 0.3) is 11.8 Å². The number of benzene rings is 2. The number of urea groups is 1. The number of hydrogen-bond acceptors (Lipinski definition) is 6. The average Bonchev–Trinajstić information content (AvgIpc) is 2.98. The molecule has 4 rings (SSSR count). The second-order valence-electron chi connectivity index (χ2n) is 8.85. The third kappa shape index (κ3) is 5.21. The topological polar surface area (TPSA) is 94.2 Å². The minimum atomic E-state index is -1.29. The zero-order valence-corrected chi connectivity index (χ0v) is 19.6. The number of rotatable bonds is 7.